The van der Waals surface area contributed by atoms with Crippen molar-refractivity contribution < 1.29 is 9.59 Å². The molecule has 1 atom stereocenters. The van der Waals surface area contributed by atoms with Gasteiger partial charge in [-0.15, -0.1) is 0 Å². The highest BCUT2D eigenvalue weighted by Crippen LogP contribution is 2.28. The minimum atomic E-state index is -0.486. The van der Waals surface area contributed by atoms with Gasteiger partial charge >= 0.3 is 0 Å². The summed E-state index contributed by atoms with van der Waals surface area (Å²) in [5.41, 5.74) is 0.507. The van der Waals surface area contributed by atoms with Crippen molar-refractivity contribution in [2.45, 2.75) is 25.5 Å². The Morgan fingerprint density at radius 1 is 1.26 bits per heavy atom. The maximum absolute atomic E-state index is 12.1. The molecule has 1 aromatic carbocycles. The highest BCUT2D eigenvalue weighted by atomic mass is 35.5. The topological polar surface area (TPSA) is 61.8 Å². The minimum absolute atomic E-state index is 0.0574. The zero-order valence-corrected chi connectivity index (χ0v) is 15.1. The van der Waals surface area contributed by atoms with Crippen LogP contribution < -0.4 is 5.32 Å². The predicted octanol–water partition coefficient (Wildman–Crippen LogP) is 3.66. The number of hydrogen-bond acceptors (Lipinski definition) is 4. The first-order valence-corrected chi connectivity index (χ1v) is 8.86. The molecule has 1 aliphatic rings. The van der Waals surface area contributed by atoms with Crippen LogP contribution in [-0.4, -0.2) is 40.2 Å². The van der Waals surface area contributed by atoms with Gasteiger partial charge in [0.2, 0.25) is 5.91 Å². The summed E-state index contributed by atoms with van der Waals surface area (Å²) in [5.74, 6) is -0.540. The van der Waals surface area contributed by atoms with Crippen molar-refractivity contribution >= 4 is 57.6 Å². The third-order valence-electron chi connectivity index (χ3n) is 3.28. The molecule has 0 saturated heterocycles. The predicted molar refractivity (Wildman–Crippen MR) is 96.5 cm³/mol. The van der Waals surface area contributed by atoms with Gasteiger partial charge in [0.15, 0.2) is 5.17 Å². The molecule has 1 N–H and O–H groups in total. The second-order valence-corrected chi connectivity index (χ2v) is 6.96. The highest BCUT2D eigenvalue weighted by Gasteiger charge is 2.32. The van der Waals surface area contributed by atoms with Crippen LogP contribution in [0.3, 0.4) is 0 Å². The van der Waals surface area contributed by atoms with E-state index in [1.807, 2.05) is 18.7 Å². The number of rotatable bonds is 5. The summed E-state index contributed by atoms with van der Waals surface area (Å²) in [6, 6.07) is 4.79. The van der Waals surface area contributed by atoms with E-state index in [9.17, 15) is 9.59 Å². The molecule has 0 fully saturated rings. The number of amidine groups is 1. The summed E-state index contributed by atoms with van der Waals surface area (Å²) < 4.78 is 0. The van der Waals surface area contributed by atoms with Crippen LogP contribution >= 0.6 is 35.0 Å². The molecule has 0 aliphatic carbocycles. The van der Waals surface area contributed by atoms with Crippen molar-refractivity contribution in [1.29, 1.82) is 0 Å². The molecular weight excluding hydrogens is 357 g/mol. The zero-order valence-electron chi connectivity index (χ0n) is 12.8. The van der Waals surface area contributed by atoms with Crippen molar-refractivity contribution in [2.75, 3.05) is 18.4 Å². The number of halogens is 2. The van der Waals surface area contributed by atoms with Gasteiger partial charge < -0.3 is 10.2 Å². The summed E-state index contributed by atoms with van der Waals surface area (Å²) in [7, 11) is 0. The van der Waals surface area contributed by atoms with E-state index in [4.69, 9.17) is 23.2 Å². The van der Waals surface area contributed by atoms with E-state index in [1.165, 1.54) is 11.8 Å². The summed E-state index contributed by atoms with van der Waals surface area (Å²) >= 11 is 13.1. The molecule has 0 saturated carbocycles. The first kappa shape index (κ1) is 18.1. The van der Waals surface area contributed by atoms with Gasteiger partial charge in [-0.3, -0.25) is 9.59 Å². The van der Waals surface area contributed by atoms with Gasteiger partial charge in [0.25, 0.3) is 5.91 Å². The fourth-order valence-corrected chi connectivity index (χ4v) is 3.86. The Hall–Kier alpha value is -1.24. The van der Waals surface area contributed by atoms with E-state index in [1.54, 1.807) is 18.2 Å². The number of hydrogen-bond donors (Lipinski definition) is 1. The van der Waals surface area contributed by atoms with Gasteiger partial charge in [0.05, 0.1) is 0 Å². The smallest absolute Gasteiger partial charge is 0.262 e. The highest BCUT2D eigenvalue weighted by molar-refractivity contribution is 8.15. The number of anilines is 1. The first-order valence-electron chi connectivity index (χ1n) is 7.23. The Morgan fingerprint density at radius 3 is 2.43 bits per heavy atom. The number of carbonyl (C=O) groups is 2. The molecule has 0 spiro atoms. The largest absolute Gasteiger partial charge is 0.352 e. The van der Waals surface area contributed by atoms with E-state index in [2.05, 4.69) is 10.3 Å². The van der Waals surface area contributed by atoms with Gasteiger partial charge in [0, 0.05) is 35.2 Å². The van der Waals surface area contributed by atoms with Gasteiger partial charge in [0.1, 0.15) is 5.25 Å². The van der Waals surface area contributed by atoms with E-state index >= 15 is 0 Å². The standard InChI is InChI=1S/C15H17Cl2N3O2S/c1-3-20(4-2)15-19-14(22)12(23-15)8-13(21)18-11-6-9(16)5-10(17)7-11/h5-7,12H,3-4,8H2,1-2H3,(H,18,21)/t12-/m1/s1. The van der Waals surface area contributed by atoms with E-state index in [-0.39, 0.29) is 18.2 Å². The van der Waals surface area contributed by atoms with Crippen molar-refractivity contribution in [1.82, 2.24) is 4.90 Å². The van der Waals surface area contributed by atoms with Crippen LogP contribution in [0.25, 0.3) is 0 Å². The van der Waals surface area contributed by atoms with E-state index < -0.39 is 5.25 Å². The van der Waals surface area contributed by atoms with Crippen molar-refractivity contribution in [3.05, 3.63) is 28.2 Å². The average Bonchev–Trinajstić information content (AvgIpc) is 2.80. The number of amides is 2. The quantitative estimate of drug-likeness (QED) is 0.855. The molecule has 124 valence electrons. The molecule has 5 nitrogen and oxygen atoms in total. The maximum atomic E-state index is 12.1. The van der Waals surface area contributed by atoms with Gasteiger partial charge in [-0.1, -0.05) is 35.0 Å². The van der Waals surface area contributed by atoms with Crippen molar-refractivity contribution in [2.24, 2.45) is 4.99 Å². The monoisotopic (exact) mass is 373 g/mol. The molecule has 0 aromatic heterocycles. The maximum Gasteiger partial charge on any atom is 0.262 e. The lowest BCUT2D eigenvalue weighted by Gasteiger charge is -2.19. The first-order chi connectivity index (χ1) is 10.9. The second-order valence-electron chi connectivity index (χ2n) is 4.92. The molecule has 1 heterocycles. The Morgan fingerprint density at radius 2 is 1.87 bits per heavy atom. The number of aliphatic imine (C=N–C) groups is 1. The van der Waals surface area contributed by atoms with Gasteiger partial charge in [-0.25, -0.2) is 0 Å². The van der Waals surface area contributed by atoms with Crippen molar-refractivity contribution in [3.8, 4) is 0 Å². The number of nitrogens with one attached hydrogen (secondary N) is 1. The fraction of sp³-hybridized carbons (Fsp3) is 0.400. The van der Waals surface area contributed by atoms with E-state index in [0.29, 0.717) is 20.9 Å². The molecule has 8 heteroatoms. The van der Waals surface area contributed by atoms with Gasteiger partial charge in [-0.2, -0.15) is 4.99 Å². The van der Waals surface area contributed by atoms with Crippen LogP contribution in [-0.2, 0) is 9.59 Å². The van der Waals surface area contributed by atoms with Crippen LogP contribution in [0.15, 0.2) is 23.2 Å². The second kappa shape index (κ2) is 8.04. The third kappa shape index (κ3) is 4.86. The number of thioether (sulfide) groups is 1. The normalized spacial score (nSPS) is 17.1. The molecule has 0 radical (unpaired) electrons. The summed E-state index contributed by atoms with van der Waals surface area (Å²) in [5, 5.41) is 3.78. The molecule has 0 unspecified atom stereocenters. The summed E-state index contributed by atoms with van der Waals surface area (Å²) in [6.45, 7) is 5.55. The minimum Gasteiger partial charge on any atom is -0.352 e. The molecule has 1 aliphatic heterocycles. The fourth-order valence-electron chi connectivity index (χ4n) is 2.15. The number of nitrogens with zero attached hydrogens (tertiary/aromatic N) is 2. The zero-order chi connectivity index (χ0) is 17.0. The Kier molecular flexibility index (Phi) is 6.33. The number of carbonyl (C=O) groups excluding carboxylic acids is 2. The van der Waals surface area contributed by atoms with E-state index in [0.717, 1.165) is 13.1 Å². The summed E-state index contributed by atoms with van der Waals surface area (Å²) in [4.78, 5) is 30.1. The lowest BCUT2D eigenvalue weighted by atomic mass is 10.2. The van der Waals surface area contributed by atoms with Crippen molar-refractivity contribution in [3.63, 3.8) is 0 Å². The SMILES string of the molecule is CCN(CC)C1=NC(=O)[C@@H](CC(=O)Nc2cc(Cl)cc(Cl)c2)S1. The summed E-state index contributed by atoms with van der Waals surface area (Å²) in [6.07, 6.45) is 0.0574. The third-order valence-corrected chi connectivity index (χ3v) is 4.93. The molecule has 2 rings (SSSR count). The Labute approximate surface area is 149 Å². The molecule has 2 amide bonds. The van der Waals surface area contributed by atoms with Crippen LogP contribution in [0, 0.1) is 0 Å². The molecular formula is C15H17Cl2N3O2S. The van der Waals surface area contributed by atoms with Crippen LogP contribution in [0.4, 0.5) is 5.69 Å². The Balaban J connectivity index is 1.95. The lowest BCUT2D eigenvalue weighted by Crippen LogP contribution is -2.27. The Bertz CT molecular complexity index is 627. The van der Waals surface area contributed by atoms with Crippen LogP contribution in [0.1, 0.15) is 20.3 Å². The molecule has 23 heavy (non-hydrogen) atoms. The average molecular weight is 374 g/mol. The van der Waals surface area contributed by atoms with Gasteiger partial charge in [-0.05, 0) is 32.0 Å². The number of benzene rings is 1. The van der Waals surface area contributed by atoms with Crippen LogP contribution in [0.2, 0.25) is 10.0 Å². The molecule has 0 bridgehead atoms. The lowest BCUT2D eigenvalue weighted by molar-refractivity contribution is -0.121. The van der Waals surface area contributed by atoms with Crippen LogP contribution in [0.5, 0.6) is 0 Å². The molecule has 1 aromatic rings.